The van der Waals surface area contributed by atoms with E-state index in [2.05, 4.69) is 5.16 Å². The first-order valence-corrected chi connectivity index (χ1v) is 8.96. The molecule has 2 aliphatic rings. The fourth-order valence-corrected chi connectivity index (χ4v) is 3.98. The molecule has 0 spiro atoms. The number of carbonyl (C=O) groups is 2. The number of hydrogen-bond donors (Lipinski definition) is 1. The first kappa shape index (κ1) is 16.6. The average Bonchev–Trinajstić information content (AvgIpc) is 3.39. The Morgan fingerprint density at radius 3 is 2.73 bits per heavy atom. The van der Waals surface area contributed by atoms with Gasteiger partial charge in [-0.2, -0.15) is 0 Å². The summed E-state index contributed by atoms with van der Waals surface area (Å²) in [5, 5.41) is 12.8. The summed E-state index contributed by atoms with van der Waals surface area (Å²) < 4.78 is 5.69. The van der Waals surface area contributed by atoms with Crippen LogP contribution in [0.3, 0.4) is 0 Å². The van der Waals surface area contributed by atoms with Crippen molar-refractivity contribution in [2.45, 2.75) is 37.8 Å². The van der Waals surface area contributed by atoms with Gasteiger partial charge in [-0.3, -0.25) is 9.59 Å². The Bertz CT molecular complexity index is 826. The molecular weight excluding hydrogens is 334 g/mol. The Balaban J connectivity index is 1.56. The van der Waals surface area contributed by atoms with Gasteiger partial charge in [-0.1, -0.05) is 23.4 Å². The fraction of sp³-hybridized carbons (Fsp3) is 0.421. The minimum absolute atomic E-state index is 0.0747. The molecule has 26 heavy (non-hydrogen) atoms. The van der Waals surface area contributed by atoms with Crippen LogP contribution in [0.25, 0.3) is 11.0 Å². The first-order valence-electron chi connectivity index (χ1n) is 8.96. The standard InChI is InChI=1S/C19H21N3O4/c23-18(21-9-3-6-14(21)12-20-25)15-7-4-10-22(15)19(24)17-11-13-5-1-2-8-16(13)26-17/h1-2,5,8,11-12,14-15,25H,3-4,6-7,9-10H2/t14-,15+/m0/s1. The molecule has 1 aromatic carbocycles. The number of carbonyl (C=O) groups excluding carboxylic acids is 2. The maximum absolute atomic E-state index is 13.0. The van der Waals surface area contributed by atoms with Gasteiger partial charge in [0.1, 0.15) is 11.6 Å². The normalized spacial score (nSPS) is 23.4. The summed E-state index contributed by atoms with van der Waals surface area (Å²) in [4.78, 5) is 29.3. The van der Waals surface area contributed by atoms with Crippen molar-refractivity contribution in [1.82, 2.24) is 9.80 Å². The van der Waals surface area contributed by atoms with Gasteiger partial charge in [0.15, 0.2) is 5.76 Å². The summed E-state index contributed by atoms with van der Waals surface area (Å²) >= 11 is 0. The van der Waals surface area contributed by atoms with Gasteiger partial charge in [0.2, 0.25) is 5.91 Å². The number of hydrogen-bond acceptors (Lipinski definition) is 5. The Labute approximate surface area is 150 Å². The lowest BCUT2D eigenvalue weighted by Crippen LogP contribution is -2.49. The Hall–Kier alpha value is -2.83. The molecule has 2 amide bonds. The molecule has 1 aromatic heterocycles. The number of rotatable bonds is 3. The fourth-order valence-electron chi connectivity index (χ4n) is 3.98. The molecule has 0 aliphatic carbocycles. The van der Waals surface area contributed by atoms with E-state index in [0.717, 1.165) is 24.6 Å². The third-order valence-electron chi connectivity index (χ3n) is 5.26. The second kappa shape index (κ2) is 6.82. The smallest absolute Gasteiger partial charge is 0.290 e. The van der Waals surface area contributed by atoms with Crippen molar-refractivity contribution in [3.8, 4) is 0 Å². The lowest BCUT2D eigenvalue weighted by Gasteiger charge is -2.29. The molecule has 1 N–H and O–H groups in total. The zero-order valence-corrected chi connectivity index (χ0v) is 14.4. The molecule has 2 fully saturated rings. The number of amides is 2. The van der Waals surface area contributed by atoms with Crippen molar-refractivity contribution in [3.05, 3.63) is 36.1 Å². The number of oxime groups is 1. The molecule has 0 bridgehead atoms. The van der Waals surface area contributed by atoms with Crippen LogP contribution in [0.1, 0.15) is 36.2 Å². The number of benzene rings is 1. The van der Waals surface area contributed by atoms with Crippen molar-refractivity contribution in [2.24, 2.45) is 5.16 Å². The molecular formula is C19H21N3O4. The van der Waals surface area contributed by atoms with Gasteiger partial charge in [0.05, 0.1) is 12.3 Å². The third-order valence-corrected chi connectivity index (χ3v) is 5.26. The first-order chi connectivity index (χ1) is 12.7. The number of nitrogens with zero attached hydrogens (tertiary/aromatic N) is 3. The van der Waals surface area contributed by atoms with E-state index < -0.39 is 6.04 Å². The minimum Gasteiger partial charge on any atom is -0.451 e. The number of furan rings is 1. The minimum atomic E-state index is -0.483. The lowest BCUT2D eigenvalue weighted by atomic mass is 10.1. The summed E-state index contributed by atoms with van der Waals surface area (Å²) in [6, 6.07) is 8.52. The molecule has 0 radical (unpaired) electrons. The van der Waals surface area contributed by atoms with E-state index in [1.54, 1.807) is 15.9 Å². The van der Waals surface area contributed by atoms with E-state index in [-0.39, 0.29) is 23.6 Å². The van der Waals surface area contributed by atoms with Crippen LogP contribution >= 0.6 is 0 Å². The van der Waals surface area contributed by atoms with E-state index in [4.69, 9.17) is 9.62 Å². The second-order valence-electron chi connectivity index (χ2n) is 6.81. The maximum atomic E-state index is 13.0. The number of fused-ring (bicyclic) bond motifs is 1. The third kappa shape index (κ3) is 2.83. The summed E-state index contributed by atoms with van der Waals surface area (Å²) in [6.07, 6.45) is 4.47. The van der Waals surface area contributed by atoms with E-state index in [0.29, 0.717) is 25.1 Å². The highest BCUT2D eigenvalue weighted by atomic mass is 16.4. The Kier molecular flexibility index (Phi) is 4.36. The van der Waals surface area contributed by atoms with Crippen molar-refractivity contribution < 1.29 is 19.2 Å². The predicted molar refractivity (Wildman–Crippen MR) is 95.3 cm³/mol. The zero-order chi connectivity index (χ0) is 18.1. The van der Waals surface area contributed by atoms with Crippen LogP contribution in [-0.4, -0.2) is 58.2 Å². The van der Waals surface area contributed by atoms with Crippen molar-refractivity contribution in [3.63, 3.8) is 0 Å². The largest absolute Gasteiger partial charge is 0.451 e. The molecule has 2 atom stereocenters. The quantitative estimate of drug-likeness (QED) is 0.521. The van der Waals surface area contributed by atoms with Gasteiger partial charge in [-0.25, -0.2) is 0 Å². The zero-order valence-electron chi connectivity index (χ0n) is 14.4. The highest BCUT2D eigenvalue weighted by Gasteiger charge is 2.40. The van der Waals surface area contributed by atoms with Crippen molar-refractivity contribution in [1.29, 1.82) is 0 Å². The number of likely N-dealkylation sites (tertiary alicyclic amines) is 2. The maximum Gasteiger partial charge on any atom is 0.290 e. The molecule has 7 heteroatoms. The van der Waals surface area contributed by atoms with E-state index in [1.165, 1.54) is 6.21 Å². The second-order valence-corrected chi connectivity index (χ2v) is 6.81. The highest BCUT2D eigenvalue weighted by Crippen LogP contribution is 2.27. The number of para-hydroxylation sites is 1. The van der Waals surface area contributed by atoms with E-state index in [9.17, 15) is 9.59 Å². The van der Waals surface area contributed by atoms with Crippen LogP contribution in [-0.2, 0) is 4.79 Å². The van der Waals surface area contributed by atoms with Gasteiger partial charge in [0.25, 0.3) is 5.91 Å². The Morgan fingerprint density at radius 1 is 1.15 bits per heavy atom. The molecule has 3 heterocycles. The van der Waals surface area contributed by atoms with Crippen molar-refractivity contribution in [2.75, 3.05) is 13.1 Å². The molecule has 2 aliphatic heterocycles. The molecule has 0 unspecified atom stereocenters. The lowest BCUT2D eigenvalue weighted by molar-refractivity contribution is -0.135. The predicted octanol–water partition coefficient (Wildman–Crippen LogP) is 2.49. The van der Waals surface area contributed by atoms with Crippen LogP contribution in [0.15, 0.2) is 39.9 Å². The average molecular weight is 355 g/mol. The molecule has 2 aromatic rings. The molecule has 0 saturated carbocycles. The van der Waals surface area contributed by atoms with Crippen molar-refractivity contribution >= 4 is 29.0 Å². The monoisotopic (exact) mass is 355 g/mol. The van der Waals surface area contributed by atoms with Gasteiger partial charge in [0, 0.05) is 18.5 Å². The van der Waals surface area contributed by atoms with Crippen LogP contribution in [0, 0.1) is 0 Å². The summed E-state index contributed by atoms with van der Waals surface area (Å²) in [5.74, 6) is -0.0567. The highest BCUT2D eigenvalue weighted by molar-refractivity contribution is 5.99. The Morgan fingerprint density at radius 2 is 1.92 bits per heavy atom. The summed E-state index contributed by atoms with van der Waals surface area (Å²) in [7, 11) is 0. The van der Waals surface area contributed by atoms with Gasteiger partial charge in [-0.05, 0) is 37.8 Å². The summed E-state index contributed by atoms with van der Waals surface area (Å²) in [6.45, 7) is 1.16. The topological polar surface area (TPSA) is 86.4 Å². The van der Waals surface area contributed by atoms with E-state index >= 15 is 0 Å². The van der Waals surface area contributed by atoms with Crippen LogP contribution < -0.4 is 0 Å². The van der Waals surface area contributed by atoms with Gasteiger partial charge >= 0.3 is 0 Å². The molecule has 2 saturated heterocycles. The molecule has 136 valence electrons. The van der Waals surface area contributed by atoms with Gasteiger partial charge in [-0.15, -0.1) is 0 Å². The van der Waals surface area contributed by atoms with Crippen LogP contribution in [0.5, 0.6) is 0 Å². The van der Waals surface area contributed by atoms with Crippen LogP contribution in [0.2, 0.25) is 0 Å². The van der Waals surface area contributed by atoms with Crippen LogP contribution in [0.4, 0.5) is 0 Å². The molecule has 4 rings (SSSR count). The van der Waals surface area contributed by atoms with Gasteiger partial charge < -0.3 is 19.4 Å². The SMILES string of the molecule is O=C([C@H]1CCCN1C(=O)c1cc2ccccc2o1)N1CCC[C@H]1C=NO. The molecule has 7 nitrogen and oxygen atoms in total. The van der Waals surface area contributed by atoms with E-state index in [1.807, 2.05) is 24.3 Å². The summed E-state index contributed by atoms with van der Waals surface area (Å²) in [5.41, 5.74) is 0.664.